The first kappa shape index (κ1) is 24.5. The van der Waals surface area contributed by atoms with E-state index in [9.17, 15) is 0 Å². The van der Waals surface area contributed by atoms with Crippen LogP contribution in [0.25, 0.3) is 5.32 Å². The van der Waals surface area contributed by atoms with Crippen molar-refractivity contribution in [2.45, 2.75) is 64.8 Å². The van der Waals surface area contributed by atoms with Gasteiger partial charge in [0.05, 0.1) is 0 Å². The fraction of sp³-hybridized carbons (Fsp3) is 0.682. The molecule has 0 spiro atoms. The molecule has 4 heteroatoms. The molecule has 2 saturated carbocycles. The molecule has 26 heavy (non-hydrogen) atoms. The molecule has 0 N–H and O–H groups in total. The standard InChI is InChI=1S/C21H32N.CH3.2ClH.Ti/c1-15-13-19-17(16-9-6-5-7-10-16)11-8-12-18(19)20(15)14-22-21(2,3)4;;;;/h5-7,9-10,15,17-20H,8,11-14H2,1-4H3;1H3;2*1H;/q2*-1;;;+2/p-2. The van der Waals surface area contributed by atoms with Crippen molar-refractivity contribution >= 4 is 18.6 Å². The van der Waals surface area contributed by atoms with Crippen molar-refractivity contribution in [3.63, 3.8) is 0 Å². The molecule has 2 aliphatic carbocycles. The molecule has 0 heterocycles. The van der Waals surface area contributed by atoms with Gasteiger partial charge in [0.25, 0.3) is 0 Å². The Morgan fingerprint density at radius 1 is 1.08 bits per heavy atom. The van der Waals surface area contributed by atoms with E-state index in [-0.39, 0.29) is 13.0 Å². The minimum absolute atomic E-state index is 0. The fourth-order valence-corrected chi connectivity index (χ4v) is 5.01. The zero-order chi connectivity index (χ0) is 18.4. The van der Waals surface area contributed by atoms with Gasteiger partial charge in [-0.25, -0.2) is 0 Å². The van der Waals surface area contributed by atoms with Crippen LogP contribution in [0.2, 0.25) is 0 Å². The second kappa shape index (κ2) is 11.5. The number of nitrogens with zero attached hydrogens (tertiary/aromatic N) is 1. The molecule has 3 rings (SSSR count). The van der Waals surface area contributed by atoms with E-state index in [1.807, 2.05) is 0 Å². The first-order valence-corrected chi connectivity index (χ1v) is 13.9. The van der Waals surface area contributed by atoms with E-state index in [1.54, 1.807) is 5.56 Å². The van der Waals surface area contributed by atoms with Crippen LogP contribution in [0.15, 0.2) is 30.3 Å². The van der Waals surface area contributed by atoms with Crippen molar-refractivity contribution in [1.29, 1.82) is 0 Å². The predicted molar refractivity (Wildman–Crippen MR) is 113 cm³/mol. The molecular weight excluding hydrogens is 397 g/mol. The molecular formula is C22H35Cl2NTi-2. The van der Waals surface area contributed by atoms with Gasteiger partial charge in [-0.2, -0.15) is 0 Å². The van der Waals surface area contributed by atoms with Crippen LogP contribution in [0.5, 0.6) is 0 Å². The predicted octanol–water partition coefficient (Wildman–Crippen LogP) is 7.84. The Bertz CT molecular complexity index is 503. The fourth-order valence-electron chi connectivity index (χ4n) is 5.01. The first-order valence-electron chi connectivity index (χ1n) is 9.57. The van der Waals surface area contributed by atoms with E-state index >= 15 is 0 Å². The minimum atomic E-state index is -0.556. The second-order valence-electron chi connectivity index (χ2n) is 8.74. The van der Waals surface area contributed by atoms with Crippen LogP contribution in [-0.4, -0.2) is 12.1 Å². The topological polar surface area (TPSA) is 14.1 Å². The van der Waals surface area contributed by atoms with E-state index in [1.165, 1.54) is 25.7 Å². The summed E-state index contributed by atoms with van der Waals surface area (Å²) in [5, 5.41) is 4.98. The van der Waals surface area contributed by atoms with Gasteiger partial charge < -0.3 is 12.7 Å². The number of fused-ring (bicyclic) bond motifs is 1. The summed E-state index contributed by atoms with van der Waals surface area (Å²) in [4.78, 5) is 0. The van der Waals surface area contributed by atoms with Crippen molar-refractivity contribution < 1.29 is 17.0 Å². The van der Waals surface area contributed by atoms with Crippen molar-refractivity contribution in [2.24, 2.45) is 23.7 Å². The average molecular weight is 432 g/mol. The SMILES string of the molecule is CC1CC2C(c3ccccc3)CCCC2C1C[N-]C(C)(C)C.[CH3-].[Cl][Ti][Cl]. The summed E-state index contributed by atoms with van der Waals surface area (Å²) < 4.78 is 0. The van der Waals surface area contributed by atoms with Gasteiger partial charge in [0.1, 0.15) is 0 Å². The molecule has 0 aliphatic heterocycles. The Kier molecular flexibility index (Phi) is 10.8. The normalized spacial score (nSPS) is 30.5. The number of rotatable bonds is 3. The zero-order valence-electron chi connectivity index (χ0n) is 17.0. The maximum atomic E-state index is 4.98. The molecule has 5 unspecified atom stereocenters. The molecule has 0 saturated heterocycles. The van der Waals surface area contributed by atoms with E-state index in [0.717, 1.165) is 36.1 Å². The van der Waals surface area contributed by atoms with Gasteiger partial charge in [-0.05, 0) is 48.5 Å². The zero-order valence-corrected chi connectivity index (χ0v) is 20.1. The quantitative estimate of drug-likeness (QED) is 0.341. The monoisotopic (exact) mass is 431 g/mol. The molecule has 148 valence electrons. The molecule has 2 aliphatic rings. The van der Waals surface area contributed by atoms with Crippen molar-refractivity contribution in [1.82, 2.24) is 0 Å². The van der Waals surface area contributed by atoms with Crippen LogP contribution in [0.3, 0.4) is 0 Å². The van der Waals surface area contributed by atoms with Gasteiger partial charge in [0, 0.05) is 0 Å². The van der Waals surface area contributed by atoms with Crippen LogP contribution in [0.4, 0.5) is 0 Å². The van der Waals surface area contributed by atoms with Crippen LogP contribution in [0, 0.1) is 31.1 Å². The van der Waals surface area contributed by atoms with Gasteiger partial charge in [0.2, 0.25) is 0 Å². The van der Waals surface area contributed by atoms with Crippen LogP contribution >= 0.6 is 18.6 Å². The van der Waals surface area contributed by atoms with Crippen molar-refractivity contribution in [3.8, 4) is 0 Å². The molecule has 5 atom stereocenters. The number of hydrogen-bond donors (Lipinski definition) is 0. The van der Waals surface area contributed by atoms with E-state index < -0.39 is 17.0 Å². The molecule has 0 radical (unpaired) electrons. The number of halogens is 2. The molecule has 1 aromatic carbocycles. The summed E-state index contributed by atoms with van der Waals surface area (Å²) in [5.74, 6) is 4.24. The Morgan fingerprint density at radius 3 is 2.27 bits per heavy atom. The maximum absolute atomic E-state index is 4.98. The Balaban J connectivity index is 0.000000791. The van der Waals surface area contributed by atoms with Gasteiger partial charge in [-0.3, -0.25) is 0 Å². The molecule has 1 aromatic rings. The molecule has 0 amide bonds. The summed E-state index contributed by atoms with van der Waals surface area (Å²) in [6, 6.07) is 11.3. The third-order valence-electron chi connectivity index (χ3n) is 6.05. The van der Waals surface area contributed by atoms with Gasteiger partial charge in [-0.15, -0.1) is 12.1 Å². The van der Waals surface area contributed by atoms with Crippen molar-refractivity contribution in [2.75, 3.05) is 6.54 Å². The van der Waals surface area contributed by atoms with Crippen LogP contribution < -0.4 is 0 Å². The van der Waals surface area contributed by atoms with Gasteiger partial charge >= 0.3 is 35.6 Å². The summed E-state index contributed by atoms with van der Waals surface area (Å²) in [6.45, 7) is 10.3. The Labute approximate surface area is 178 Å². The summed E-state index contributed by atoms with van der Waals surface area (Å²) >= 11 is -0.556. The van der Waals surface area contributed by atoms with Gasteiger partial charge in [-0.1, -0.05) is 70.4 Å². The molecule has 0 bridgehead atoms. The van der Waals surface area contributed by atoms with Crippen LogP contribution in [-0.2, 0) is 17.0 Å². The van der Waals surface area contributed by atoms with Crippen molar-refractivity contribution in [3.05, 3.63) is 48.6 Å². The molecule has 2 fully saturated rings. The summed E-state index contributed by atoms with van der Waals surface area (Å²) in [7, 11) is 9.78. The number of hydrogen-bond acceptors (Lipinski definition) is 0. The Hall–Kier alpha value is 0.474. The molecule has 0 aromatic heterocycles. The Morgan fingerprint density at radius 2 is 1.69 bits per heavy atom. The first-order chi connectivity index (χ1) is 11.9. The third kappa shape index (κ3) is 6.82. The second-order valence-corrected chi connectivity index (χ2v) is 11.3. The summed E-state index contributed by atoms with van der Waals surface area (Å²) in [6.07, 6.45) is 5.64. The van der Waals surface area contributed by atoms with Crippen LogP contribution in [0.1, 0.15) is 64.9 Å². The third-order valence-corrected chi connectivity index (χ3v) is 6.05. The average Bonchev–Trinajstić information content (AvgIpc) is 2.89. The van der Waals surface area contributed by atoms with E-state index in [4.69, 9.17) is 23.9 Å². The number of benzene rings is 1. The molecule has 1 nitrogen and oxygen atoms in total. The summed E-state index contributed by atoms with van der Waals surface area (Å²) in [5.41, 5.74) is 1.70. The van der Waals surface area contributed by atoms with E-state index in [0.29, 0.717) is 0 Å². The van der Waals surface area contributed by atoms with Gasteiger partial charge in [0.15, 0.2) is 0 Å². The van der Waals surface area contributed by atoms with E-state index in [2.05, 4.69) is 58.0 Å².